The van der Waals surface area contributed by atoms with E-state index < -0.39 is 5.97 Å². The molecule has 1 heterocycles. The summed E-state index contributed by atoms with van der Waals surface area (Å²) in [6.45, 7) is 3.45. The summed E-state index contributed by atoms with van der Waals surface area (Å²) in [5.74, 6) is -0.787. The van der Waals surface area contributed by atoms with Crippen molar-refractivity contribution in [3.8, 4) is 0 Å². The van der Waals surface area contributed by atoms with Crippen LogP contribution in [-0.4, -0.2) is 18.5 Å². The van der Waals surface area contributed by atoms with Crippen molar-refractivity contribution in [3.05, 3.63) is 57.8 Å². The lowest BCUT2D eigenvalue weighted by Gasteiger charge is -2.12. The standard InChI is InChI=1S/C16H17NO3S/c1-11-6-3-4-7-13(11)16(19)20-10-15(18)17-12(2)14-8-5-9-21-14/h3-9,12H,10H2,1-2H3,(H,17,18)/t12-/m0/s1. The average molecular weight is 303 g/mol. The number of aryl methyl sites for hydroxylation is 1. The van der Waals surface area contributed by atoms with Gasteiger partial charge in [-0.25, -0.2) is 4.79 Å². The van der Waals surface area contributed by atoms with Crippen LogP contribution in [0.5, 0.6) is 0 Å². The minimum absolute atomic E-state index is 0.0883. The van der Waals surface area contributed by atoms with Crippen LogP contribution in [0, 0.1) is 6.92 Å². The van der Waals surface area contributed by atoms with Gasteiger partial charge in [-0.1, -0.05) is 24.3 Å². The van der Waals surface area contributed by atoms with Gasteiger partial charge in [-0.15, -0.1) is 11.3 Å². The molecule has 1 atom stereocenters. The number of amides is 1. The number of carbonyl (C=O) groups is 2. The van der Waals surface area contributed by atoms with E-state index in [2.05, 4.69) is 5.32 Å². The highest BCUT2D eigenvalue weighted by Gasteiger charge is 2.14. The van der Waals surface area contributed by atoms with Crippen LogP contribution in [0.2, 0.25) is 0 Å². The molecule has 110 valence electrons. The van der Waals surface area contributed by atoms with Crippen molar-refractivity contribution in [3.63, 3.8) is 0 Å². The predicted molar refractivity (Wildman–Crippen MR) is 82.3 cm³/mol. The zero-order valence-corrected chi connectivity index (χ0v) is 12.8. The SMILES string of the molecule is Cc1ccccc1C(=O)OCC(=O)N[C@@H](C)c1cccs1. The molecule has 0 fully saturated rings. The van der Waals surface area contributed by atoms with E-state index in [4.69, 9.17) is 4.74 Å². The van der Waals surface area contributed by atoms with E-state index in [9.17, 15) is 9.59 Å². The Kier molecular flexibility index (Phi) is 5.11. The Balaban J connectivity index is 1.84. The number of ether oxygens (including phenoxy) is 1. The third-order valence-electron chi connectivity index (χ3n) is 3.05. The molecule has 0 bridgehead atoms. The van der Waals surface area contributed by atoms with Crippen LogP contribution in [0.3, 0.4) is 0 Å². The summed E-state index contributed by atoms with van der Waals surface area (Å²) in [7, 11) is 0. The molecule has 0 aliphatic rings. The summed E-state index contributed by atoms with van der Waals surface area (Å²) in [6.07, 6.45) is 0. The van der Waals surface area contributed by atoms with Crippen LogP contribution in [0.25, 0.3) is 0 Å². The molecule has 2 aromatic rings. The largest absolute Gasteiger partial charge is 0.452 e. The number of benzene rings is 1. The molecule has 1 aromatic heterocycles. The van der Waals surface area contributed by atoms with Crippen LogP contribution < -0.4 is 5.32 Å². The normalized spacial score (nSPS) is 11.7. The maximum Gasteiger partial charge on any atom is 0.338 e. The van der Waals surface area contributed by atoms with E-state index in [1.807, 2.05) is 43.5 Å². The van der Waals surface area contributed by atoms with Crippen molar-refractivity contribution in [1.82, 2.24) is 5.32 Å². The molecule has 21 heavy (non-hydrogen) atoms. The maximum absolute atomic E-state index is 11.9. The predicted octanol–water partition coefficient (Wildman–Crippen LogP) is 3.09. The number of thiophene rings is 1. The second-order valence-electron chi connectivity index (χ2n) is 4.70. The Hall–Kier alpha value is -2.14. The number of carbonyl (C=O) groups excluding carboxylic acids is 2. The summed E-state index contributed by atoms with van der Waals surface area (Å²) < 4.78 is 5.04. The van der Waals surface area contributed by atoms with Gasteiger partial charge in [-0.2, -0.15) is 0 Å². The fraction of sp³-hybridized carbons (Fsp3) is 0.250. The second-order valence-corrected chi connectivity index (χ2v) is 5.67. The van der Waals surface area contributed by atoms with Gasteiger partial charge in [0.1, 0.15) is 0 Å². The molecule has 5 heteroatoms. The van der Waals surface area contributed by atoms with Crippen LogP contribution in [0.4, 0.5) is 0 Å². The molecule has 0 saturated carbocycles. The second kappa shape index (κ2) is 7.04. The number of esters is 1. The minimum atomic E-state index is -0.480. The number of rotatable bonds is 5. The molecule has 0 aliphatic heterocycles. The van der Waals surface area contributed by atoms with Gasteiger partial charge in [0.2, 0.25) is 0 Å². The lowest BCUT2D eigenvalue weighted by Crippen LogP contribution is -2.30. The van der Waals surface area contributed by atoms with Crippen molar-refractivity contribution in [2.24, 2.45) is 0 Å². The first-order chi connectivity index (χ1) is 10.1. The fourth-order valence-corrected chi connectivity index (χ4v) is 2.64. The van der Waals surface area contributed by atoms with Gasteiger partial charge in [-0.05, 0) is 36.9 Å². The molecular formula is C16H17NO3S. The Labute approximate surface area is 127 Å². The van der Waals surface area contributed by atoms with Gasteiger partial charge in [0.15, 0.2) is 6.61 Å². The van der Waals surface area contributed by atoms with E-state index in [1.165, 1.54) is 0 Å². The molecule has 4 nitrogen and oxygen atoms in total. The number of nitrogens with one attached hydrogen (secondary N) is 1. The van der Waals surface area contributed by atoms with E-state index in [-0.39, 0.29) is 18.6 Å². The topological polar surface area (TPSA) is 55.4 Å². The number of hydrogen-bond acceptors (Lipinski definition) is 4. The molecule has 2 rings (SSSR count). The van der Waals surface area contributed by atoms with E-state index in [0.717, 1.165) is 10.4 Å². The van der Waals surface area contributed by atoms with Gasteiger partial charge >= 0.3 is 5.97 Å². The first kappa shape index (κ1) is 15.3. The number of hydrogen-bond donors (Lipinski definition) is 1. The highest BCUT2D eigenvalue weighted by molar-refractivity contribution is 7.10. The van der Waals surface area contributed by atoms with Gasteiger partial charge < -0.3 is 10.1 Å². The highest BCUT2D eigenvalue weighted by Crippen LogP contribution is 2.17. The Morgan fingerprint density at radius 3 is 2.67 bits per heavy atom. The van der Waals surface area contributed by atoms with Crippen molar-refractivity contribution in [1.29, 1.82) is 0 Å². The summed E-state index contributed by atoms with van der Waals surface area (Å²) in [5.41, 5.74) is 1.31. The molecule has 0 saturated heterocycles. The lowest BCUT2D eigenvalue weighted by molar-refractivity contribution is -0.124. The zero-order valence-electron chi connectivity index (χ0n) is 12.0. The van der Waals surface area contributed by atoms with Gasteiger partial charge in [0.25, 0.3) is 5.91 Å². The Morgan fingerprint density at radius 2 is 2.00 bits per heavy atom. The molecule has 0 aliphatic carbocycles. The van der Waals surface area contributed by atoms with Crippen LogP contribution in [0.15, 0.2) is 41.8 Å². The summed E-state index contributed by atoms with van der Waals surface area (Å²) in [4.78, 5) is 24.7. The molecule has 1 aromatic carbocycles. The van der Waals surface area contributed by atoms with Gasteiger partial charge in [0.05, 0.1) is 11.6 Å². The first-order valence-corrected chi connectivity index (χ1v) is 7.51. The Morgan fingerprint density at radius 1 is 1.24 bits per heavy atom. The zero-order chi connectivity index (χ0) is 15.2. The summed E-state index contributed by atoms with van der Waals surface area (Å²) in [5, 5.41) is 4.75. The van der Waals surface area contributed by atoms with Crippen LogP contribution >= 0.6 is 11.3 Å². The van der Waals surface area contributed by atoms with Crippen molar-refractivity contribution < 1.29 is 14.3 Å². The maximum atomic E-state index is 11.9. The first-order valence-electron chi connectivity index (χ1n) is 6.63. The van der Waals surface area contributed by atoms with Crippen LogP contribution in [-0.2, 0) is 9.53 Å². The van der Waals surface area contributed by atoms with E-state index >= 15 is 0 Å². The minimum Gasteiger partial charge on any atom is -0.452 e. The fourth-order valence-electron chi connectivity index (χ4n) is 1.90. The smallest absolute Gasteiger partial charge is 0.338 e. The molecule has 1 N–H and O–H groups in total. The van der Waals surface area contributed by atoms with Crippen molar-refractivity contribution >= 4 is 23.2 Å². The van der Waals surface area contributed by atoms with Gasteiger partial charge in [-0.3, -0.25) is 4.79 Å². The van der Waals surface area contributed by atoms with E-state index in [0.29, 0.717) is 5.56 Å². The van der Waals surface area contributed by atoms with Crippen molar-refractivity contribution in [2.75, 3.05) is 6.61 Å². The molecule has 1 amide bonds. The molecule has 0 spiro atoms. The van der Waals surface area contributed by atoms with E-state index in [1.54, 1.807) is 23.5 Å². The van der Waals surface area contributed by atoms with Crippen LogP contribution in [0.1, 0.15) is 33.8 Å². The quantitative estimate of drug-likeness (QED) is 0.864. The Bertz CT molecular complexity index is 622. The summed E-state index contributed by atoms with van der Waals surface area (Å²) >= 11 is 1.57. The lowest BCUT2D eigenvalue weighted by atomic mass is 10.1. The molecule has 0 unspecified atom stereocenters. The molecule has 0 radical (unpaired) electrons. The average Bonchev–Trinajstić information content (AvgIpc) is 2.99. The van der Waals surface area contributed by atoms with Gasteiger partial charge in [0, 0.05) is 4.88 Å². The third kappa shape index (κ3) is 4.16. The monoisotopic (exact) mass is 303 g/mol. The third-order valence-corrected chi connectivity index (χ3v) is 4.10. The van der Waals surface area contributed by atoms with Crippen molar-refractivity contribution in [2.45, 2.75) is 19.9 Å². The summed E-state index contributed by atoms with van der Waals surface area (Å²) in [6, 6.07) is 10.9. The molecular weight excluding hydrogens is 286 g/mol. The highest BCUT2D eigenvalue weighted by atomic mass is 32.1.